The van der Waals surface area contributed by atoms with Gasteiger partial charge in [0.2, 0.25) is 5.91 Å². The average molecular weight is 408 g/mol. The van der Waals surface area contributed by atoms with Gasteiger partial charge in [0, 0.05) is 25.3 Å². The number of likely N-dealkylation sites (N-methyl/N-ethyl adjacent to an activating group) is 1. The maximum atomic E-state index is 12.9. The van der Waals surface area contributed by atoms with Crippen LogP contribution in [0.25, 0.3) is 0 Å². The van der Waals surface area contributed by atoms with E-state index in [4.69, 9.17) is 0 Å². The van der Waals surface area contributed by atoms with Crippen molar-refractivity contribution in [3.63, 3.8) is 0 Å². The lowest BCUT2D eigenvalue weighted by Gasteiger charge is -2.25. The van der Waals surface area contributed by atoms with E-state index in [1.165, 1.54) is 19.1 Å². The Morgan fingerprint density at radius 1 is 1.03 bits per heavy atom. The number of rotatable bonds is 8. The molecule has 0 aromatic heterocycles. The number of carbonyl (C=O) groups is 1. The summed E-state index contributed by atoms with van der Waals surface area (Å²) in [5, 5.41) is 13.7. The number of alkyl halides is 3. The molecule has 1 atom stereocenters. The molecule has 0 bridgehead atoms. The monoisotopic (exact) mass is 408 g/mol. The van der Waals surface area contributed by atoms with Crippen LogP contribution >= 0.6 is 0 Å². The number of amides is 1. The van der Waals surface area contributed by atoms with Gasteiger partial charge in [0.15, 0.2) is 0 Å². The van der Waals surface area contributed by atoms with Crippen LogP contribution in [0.2, 0.25) is 0 Å². The molecule has 0 radical (unpaired) electrons. The molecule has 2 aromatic rings. The zero-order valence-corrected chi connectivity index (χ0v) is 16.9. The van der Waals surface area contributed by atoms with Crippen molar-refractivity contribution in [2.24, 2.45) is 0 Å². The van der Waals surface area contributed by atoms with E-state index in [0.29, 0.717) is 25.2 Å². The van der Waals surface area contributed by atoms with Gasteiger partial charge in [-0.1, -0.05) is 24.3 Å². The van der Waals surface area contributed by atoms with Crippen LogP contribution in [0.4, 0.5) is 18.9 Å². The van der Waals surface area contributed by atoms with Gasteiger partial charge in [-0.2, -0.15) is 13.2 Å². The van der Waals surface area contributed by atoms with Gasteiger partial charge in [0.25, 0.3) is 0 Å². The van der Waals surface area contributed by atoms with E-state index in [0.717, 1.165) is 17.7 Å². The van der Waals surface area contributed by atoms with E-state index >= 15 is 0 Å². The fourth-order valence-corrected chi connectivity index (χ4v) is 3.01. The second-order valence-corrected chi connectivity index (χ2v) is 7.15. The number of anilines is 1. The highest BCUT2D eigenvalue weighted by Gasteiger charge is 2.32. The van der Waals surface area contributed by atoms with Crippen LogP contribution in [0.15, 0.2) is 48.5 Å². The summed E-state index contributed by atoms with van der Waals surface area (Å²) in [6.45, 7) is 6.70. The first-order chi connectivity index (χ1) is 13.6. The Hall–Kier alpha value is -2.54. The van der Waals surface area contributed by atoms with Gasteiger partial charge < -0.3 is 15.3 Å². The highest BCUT2D eigenvalue weighted by atomic mass is 19.4. The fourth-order valence-electron chi connectivity index (χ4n) is 3.01. The van der Waals surface area contributed by atoms with Crippen molar-refractivity contribution in [1.82, 2.24) is 4.90 Å². The highest BCUT2D eigenvalue weighted by Crippen LogP contribution is 2.32. The number of benzene rings is 2. The lowest BCUT2D eigenvalue weighted by molar-refractivity contribution is -0.137. The van der Waals surface area contributed by atoms with E-state index in [2.05, 4.69) is 5.32 Å². The Morgan fingerprint density at radius 2 is 1.62 bits per heavy atom. The SMILES string of the molecule is CCN(CC)C(=O)Cc1ccc(NCC(C)(O)c2cccc(C(F)(F)F)c2)cc1. The van der Waals surface area contributed by atoms with Gasteiger partial charge in [-0.3, -0.25) is 4.79 Å². The average Bonchev–Trinajstić information content (AvgIpc) is 2.68. The van der Waals surface area contributed by atoms with Crippen molar-refractivity contribution in [2.45, 2.75) is 39.0 Å². The molecule has 2 rings (SSSR count). The van der Waals surface area contributed by atoms with E-state index in [-0.39, 0.29) is 18.0 Å². The Bertz CT molecular complexity index is 814. The third-order valence-corrected chi connectivity index (χ3v) is 4.87. The molecular formula is C22H27F3N2O2. The molecule has 0 heterocycles. The molecule has 29 heavy (non-hydrogen) atoms. The van der Waals surface area contributed by atoms with Crippen molar-refractivity contribution >= 4 is 11.6 Å². The molecule has 1 amide bonds. The lowest BCUT2D eigenvalue weighted by Crippen LogP contribution is -2.31. The van der Waals surface area contributed by atoms with Crippen molar-refractivity contribution in [2.75, 3.05) is 25.0 Å². The second kappa shape index (κ2) is 9.31. The van der Waals surface area contributed by atoms with Gasteiger partial charge >= 0.3 is 6.18 Å². The minimum Gasteiger partial charge on any atom is -0.384 e. The molecule has 0 spiro atoms. The third-order valence-electron chi connectivity index (χ3n) is 4.87. The van der Waals surface area contributed by atoms with Crippen LogP contribution in [-0.2, 0) is 23.0 Å². The maximum absolute atomic E-state index is 12.9. The van der Waals surface area contributed by atoms with Crippen molar-refractivity contribution in [3.8, 4) is 0 Å². The normalized spacial score (nSPS) is 13.6. The summed E-state index contributed by atoms with van der Waals surface area (Å²) >= 11 is 0. The number of carbonyl (C=O) groups excluding carboxylic acids is 1. The molecule has 1 unspecified atom stereocenters. The van der Waals surface area contributed by atoms with Gasteiger partial charge in [-0.15, -0.1) is 0 Å². The zero-order valence-electron chi connectivity index (χ0n) is 16.9. The van der Waals surface area contributed by atoms with E-state index in [1.807, 2.05) is 26.0 Å². The number of aliphatic hydroxyl groups is 1. The summed E-state index contributed by atoms with van der Waals surface area (Å²) in [5.41, 5.74) is -0.523. The Labute approximate surface area is 169 Å². The number of halogens is 3. The van der Waals surface area contributed by atoms with Crippen molar-refractivity contribution < 1.29 is 23.1 Å². The maximum Gasteiger partial charge on any atom is 0.416 e. The molecule has 0 aliphatic carbocycles. The van der Waals surface area contributed by atoms with Crippen LogP contribution in [0.1, 0.15) is 37.5 Å². The minimum atomic E-state index is -4.46. The molecule has 0 saturated carbocycles. The lowest BCUT2D eigenvalue weighted by atomic mass is 9.94. The van der Waals surface area contributed by atoms with Crippen LogP contribution in [-0.4, -0.2) is 35.5 Å². The smallest absolute Gasteiger partial charge is 0.384 e. The van der Waals surface area contributed by atoms with Gasteiger partial charge in [-0.05, 0) is 56.2 Å². The molecule has 7 heteroatoms. The van der Waals surface area contributed by atoms with Crippen LogP contribution < -0.4 is 5.32 Å². The summed E-state index contributed by atoms with van der Waals surface area (Å²) in [5.74, 6) is 0.0585. The Morgan fingerprint density at radius 3 is 2.17 bits per heavy atom. The summed E-state index contributed by atoms with van der Waals surface area (Å²) < 4.78 is 38.7. The summed E-state index contributed by atoms with van der Waals surface area (Å²) in [6.07, 6.45) is -4.15. The van der Waals surface area contributed by atoms with Gasteiger partial charge in [0.1, 0.15) is 5.60 Å². The van der Waals surface area contributed by atoms with Gasteiger partial charge in [0.05, 0.1) is 12.0 Å². The molecule has 2 aromatic carbocycles. The molecule has 0 saturated heterocycles. The number of nitrogens with zero attached hydrogens (tertiary/aromatic N) is 1. The summed E-state index contributed by atoms with van der Waals surface area (Å²) in [4.78, 5) is 13.9. The summed E-state index contributed by atoms with van der Waals surface area (Å²) in [6, 6.07) is 11.9. The third kappa shape index (κ3) is 6.22. The molecular weight excluding hydrogens is 381 g/mol. The second-order valence-electron chi connectivity index (χ2n) is 7.15. The quantitative estimate of drug-likeness (QED) is 0.679. The first-order valence-corrected chi connectivity index (χ1v) is 9.57. The molecule has 2 N–H and O–H groups in total. The predicted octanol–water partition coefficient (Wildman–Crippen LogP) is 4.44. The number of hydrogen-bond donors (Lipinski definition) is 2. The minimum absolute atomic E-state index is 0.0338. The number of nitrogens with one attached hydrogen (secondary N) is 1. The van der Waals surface area contributed by atoms with Crippen molar-refractivity contribution in [3.05, 3.63) is 65.2 Å². The van der Waals surface area contributed by atoms with E-state index in [9.17, 15) is 23.1 Å². The highest BCUT2D eigenvalue weighted by molar-refractivity contribution is 5.78. The molecule has 4 nitrogen and oxygen atoms in total. The summed E-state index contributed by atoms with van der Waals surface area (Å²) in [7, 11) is 0. The Kier molecular flexibility index (Phi) is 7.30. The standard InChI is InChI=1S/C22H27F3N2O2/c1-4-27(5-2)20(28)13-16-9-11-19(12-10-16)26-15-21(3,29)17-7-6-8-18(14-17)22(23,24)25/h6-12,14,26,29H,4-5,13,15H2,1-3H3. The molecule has 0 fully saturated rings. The first kappa shape index (κ1) is 22.7. The van der Waals surface area contributed by atoms with Crippen LogP contribution in [0.3, 0.4) is 0 Å². The molecule has 0 aliphatic rings. The molecule has 158 valence electrons. The molecule has 0 aliphatic heterocycles. The van der Waals surface area contributed by atoms with Crippen LogP contribution in [0.5, 0.6) is 0 Å². The zero-order chi connectivity index (χ0) is 21.7. The fraction of sp³-hybridized carbons (Fsp3) is 0.409. The topological polar surface area (TPSA) is 52.6 Å². The van der Waals surface area contributed by atoms with E-state index in [1.54, 1.807) is 17.0 Å². The van der Waals surface area contributed by atoms with Crippen molar-refractivity contribution in [1.29, 1.82) is 0 Å². The van der Waals surface area contributed by atoms with Crippen LogP contribution in [0, 0.1) is 0 Å². The van der Waals surface area contributed by atoms with Gasteiger partial charge in [-0.25, -0.2) is 0 Å². The van der Waals surface area contributed by atoms with E-state index < -0.39 is 17.3 Å². The largest absolute Gasteiger partial charge is 0.416 e. The first-order valence-electron chi connectivity index (χ1n) is 9.57. The predicted molar refractivity (Wildman–Crippen MR) is 108 cm³/mol. The number of hydrogen-bond acceptors (Lipinski definition) is 3. The Balaban J connectivity index is 2.01.